The molecule has 0 aliphatic rings. The van der Waals surface area contributed by atoms with Gasteiger partial charge in [0.15, 0.2) is 0 Å². The van der Waals surface area contributed by atoms with E-state index in [1.54, 1.807) is 30.4 Å². The summed E-state index contributed by atoms with van der Waals surface area (Å²) < 4.78 is 5.56. The van der Waals surface area contributed by atoms with Crippen molar-refractivity contribution in [3.63, 3.8) is 0 Å². The van der Waals surface area contributed by atoms with Crippen molar-refractivity contribution in [3.05, 3.63) is 90.5 Å². The Morgan fingerprint density at radius 3 is 2.03 bits per heavy atom. The highest BCUT2D eigenvalue weighted by Crippen LogP contribution is 2.26. The summed E-state index contributed by atoms with van der Waals surface area (Å²) >= 11 is 0. The van der Waals surface area contributed by atoms with Gasteiger partial charge in [-0.25, -0.2) is 15.0 Å². The number of benzene rings is 3. The van der Waals surface area contributed by atoms with Crippen LogP contribution in [-0.4, -0.2) is 34.9 Å². The number of nitrogens with zero attached hydrogens (tertiary/aromatic N) is 4. The molecule has 3 aromatic carbocycles. The molecule has 0 saturated heterocycles. The molecule has 0 unspecified atom stereocenters. The maximum atomic E-state index is 10.3. The Morgan fingerprint density at radius 1 is 0.879 bits per heavy atom. The van der Waals surface area contributed by atoms with Gasteiger partial charge in [-0.2, -0.15) is 5.10 Å². The van der Waals surface area contributed by atoms with E-state index in [1.165, 1.54) is 0 Å². The van der Waals surface area contributed by atoms with Gasteiger partial charge >= 0.3 is 0 Å². The van der Waals surface area contributed by atoms with Crippen LogP contribution in [0.2, 0.25) is 0 Å². The zero-order valence-electron chi connectivity index (χ0n) is 18.7. The summed E-state index contributed by atoms with van der Waals surface area (Å²) in [5, 5.41) is 16.4. The van der Waals surface area contributed by atoms with E-state index in [0.29, 0.717) is 23.9 Å². The van der Waals surface area contributed by atoms with Crippen molar-refractivity contribution >= 4 is 12.2 Å². The SMILES string of the molecule is CCCOc1ccc(/C=N\N(C)c2nc(-c3ccccc3)cc(-c3ccccc3)n2)c(O)c1. The molecule has 1 aromatic heterocycles. The lowest BCUT2D eigenvalue weighted by Gasteiger charge is -2.14. The first-order valence-corrected chi connectivity index (χ1v) is 10.9. The molecule has 1 N–H and O–H groups in total. The first-order chi connectivity index (χ1) is 16.1. The van der Waals surface area contributed by atoms with Gasteiger partial charge in [0.05, 0.1) is 24.2 Å². The fraction of sp³-hybridized carbons (Fsp3) is 0.148. The number of anilines is 1. The molecule has 0 aliphatic heterocycles. The van der Waals surface area contributed by atoms with Crippen LogP contribution >= 0.6 is 0 Å². The lowest BCUT2D eigenvalue weighted by molar-refractivity contribution is 0.315. The normalized spacial score (nSPS) is 11.0. The minimum Gasteiger partial charge on any atom is -0.507 e. The van der Waals surface area contributed by atoms with Crippen molar-refractivity contribution in [2.45, 2.75) is 13.3 Å². The molecule has 0 spiro atoms. The highest BCUT2D eigenvalue weighted by molar-refractivity contribution is 5.84. The summed E-state index contributed by atoms with van der Waals surface area (Å²) in [4.78, 5) is 9.46. The van der Waals surface area contributed by atoms with Gasteiger partial charge in [-0.15, -0.1) is 0 Å². The summed E-state index contributed by atoms with van der Waals surface area (Å²) in [6.45, 7) is 2.64. The number of aromatic nitrogens is 2. The molecule has 4 aromatic rings. The third-order valence-corrected chi connectivity index (χ3v) is 4.99. The predicted octanol–water partition coefficient (Wildman–Crippen LogP) is 5.78. The van der Waals surface area contributed by atoms with Gasteiger partial charge in [0.1, 0.15) is 11.5 Å². The van der Waals surface area contributed by atoms with E-state index in [4.69, 9.17) is 14.7 Å². The number of hydrazone groups is 1. The van der Waals surface area contributed by atoms with E-state index in [1.807, 2.05) is 79.7 Å². The standard InChI is InChI=1S/C27H26N4O2/c1-3-16-33-23-15-14-22(26(32)17-23)19-28-31(2)27-29-24(20-10-6-4-7-11-20)18-25(30-27)21-12-8-5-9-13-21/h4-15,17-19,32H,3,16H2,1-2H3/b28-19-. The Bertz CT molecular complexity index is 1170. The van der Waals surface area contributed by atoms with Gasteiger partial charge in [0.25, 0.3) is 0 Å². The number of hydrogen-bond donors (Lipinski definition) is 1. The number of phenols is 1. The van der Waals surface area contributed by atoms with E-state index in [-0.39, 0.29) is 5.75 Å². The molecule has 6 heteroatoms. The Kier molecular flexibility index (Phi) is 6.95. The van der Waals surface area contributed by atoms with E-state index in [9.17, 15) is 5.11 Å². The monoisotopic (exact) mass is 438 g/mol. The first kappa shape index (κ1) is 22.0. The van der Waals surface area contributed by atoms with Crippen LogP contribution in [0.25, 0.3) is 22.5 Å². The second-order valence-corrected chi connectivity index (χ2v) is 7.51. The van der Waals surface area contributed by atoms with Gasteiger partial charge in [-0.3, -0.25) is 0 Å². The average molecular weight is 439 g/mol. The van der Waals surface area contributed by atoms with Crippen molar-refractivity contribution in [2.24, 2.45) is 5.10 Å². The number of ether oxygens (including phenoxy) is 1. The molecular weight excluding hydrogens is 412 g/mol. The van der Waals surface area contributed by atoms with Gasteiger partial charge in [-0.1, -0.05) is 67.6 Å². The third kappa shape index (κ3) is 5.54. The number of rotatable bonds is 8. The molecule has 166 valence electrons. The van der Waals surface area contributed by atoms with Crippen molar-refractivity contribution in [1.82, 2.24) is 9.97 Å². The predicted molar refractivity (Wildman–Crippen MR) is 133 cm³/mol. The molecule has 0 fully saturated rings. The highest BCUT2D eigenvalue weighted by Gasteiger charge is 2.11. The van der Waals surface area contributed by atoms with Crippen LogP contribution < -0.4 is 9.75 Å². The quantitative estimate of drug-likeness (QED) is 0.279. The Morgan fingerprint density at radius 2 is 1.48 bits per heavy atom. The summed E-state index contributed by atoms with van der Waals surface area (Å²) in [6, 6.07) is 27.1. The van der Waals surface area contributed by atoms with Crippen molar-refractivity contribution in [2.75, 3.05) is 18.7 Å². The van der Waals surface area contributed by atoms with Crippen molar-refractivity contribution in [1.29, 1.82) is 0 Å². The van der Waals surface area contributed by atoms with Gasteiger partial charge in [0.2, 0.25) is 5.95 Å². The summed E-state index contributed by atoms with van der Waals surface area (Å²) in [5.74, 6) is 1.18. The van der Waals surface area contributed by atoms with Crippen LogP contribution in [0, 0.1) is 0 Å². The van der Waals surface area contributed by atoms with E-state index in [2.05, 4.69) is 5.10 Å². The van der Waals surface area contributed by atoms with E-state index >= 15 is 0 Å². The average Bonchev–Trinajstić information content (AvgIpc) is 2.87. The van der Waals surface area contributed by atoms with Crippen LogP contribution in [0.15, 0.2) is 90.0 Å². The number of phenolic OH excluding ortho intramolecular Hbond substituents is 1. The second kappa shape index (κ2) is 10.4. The van der Waals surface area contributed by atoms with Crippen molar-refractivity contribution < 1.29 is 9.84 Å². The maximum Gasteiger partial charge on any atom is 0.247 e. The van der Waals surface area contributed by atoms with Gasteiger partial charge < -0.3 is 9.84 Å². The minimum absolute atomic E-state index is 0.102. The molecule has 6 nitrogen and oxygen atoms in total. The fourth-order valence-electron chi connectivity index (χ4n) is 3.24. The number of aromatic hydroxyl groups is 1. The minimum atomic E-state index is 0.102. The van der Waals surface area contributed by atoms with E-state index in [0.717, 1.165) is 28.9 Å². The Hall–Kier alpha value is -4.19. The second-order valence-electron chi connectivity index (χ2n) is 7.51. The van der Waals surface area contributed by atoms with E-state index < -0.39 is 0 Å². The summed E-state index contributed by atoms with van der Waals surface area (Å²) in [7, 11) is 1.78. The van der Waals surface area contributed by atoms with Crippen LogP contribution in [0.1, 0.15) is 18.9 Å². The molecule has 33 heavy (non-hydrogen) atoms. The Balaban J connectivity index is 1.65. The zero-order valence-corrected chi connectivity index (χ0v) is 18.7. The summed E-state index contributed by atoms with van der Waals surface area (Å²) in [6.07, 6.45) is 2.49. The molecule has 0 radical (unpaired) electrons. The molecule has 0 bridgehead atoms. The third-order valence-electron chi connectivity index (χ3n) is 4.99. The molecule has 1 heterocycles. The first-order valence-electron chi connectivity index (χ1n) is 10.9. The topological polar surface area (TPSA) is 70.8 Å². The fourth-order valence-corrected chi connectivity index (χ4v) is 3.24. The molecule has 0 saturated carbocycles. The zero-order chi connectivity index (χ0) is 23.0. The lowest BCUT2D eigenvalue weighted by atomic mass is 10.1. The molecule has 4 rings (SSSR count). The Labute approximate surface area is 193 Å². The van der Waals surface area contributed by atoms with Crippen LogP contribution in [0.3, 0.4) is 0 Å². The van der Waals surface area contributed by atoms with Crippen LogP contribution in [-0.2, 0) is 0 Å². The largest absolute Gasteiger partial charge is 0.507 e. The smallest absolute Gasteiger partial charge is 0.247 e. The lowest BCUT2D eigenvalue weighted by Crippen LogP contribution is -2.13. The maximum absolute atomic E-state index is 10.3. The molecule has 0 aliphatic carbocycles. The van der Waals surface area contributed by atoms with Gasteiger partial charge in [-0.05, 0) is 24.6 Å². The van der Waals surface area contributed by atoms with Gasteiger partial charge in [0, 0.05) is 29.8 Å². The summed E-state index contributed by atoms with van der Waals surface area (Å²) in [5.41, 5.74) is 4.18. The van der Waals surface area contributed by atoms with Crippen LogP contribution in [0.4, 0.5) is 5.95 Å². The molecule has 0 atom stereocenters. The van der Waals surface area contributed by atoms with Crippen molar-refractivity contribution in [3.8, 4) is 34.0 Å². The molecular formula is C27H26N4O2. The highest BCUT2D eigenvalue weighted by atomic mass is 16.5. The molecule has 0 amide bonds. The van der Waals surface area contributed by atoms with Crippen LogP contribution in [0.5, 0.6) is 11.5 Å². The number of hydrogen-bond acceptors (Lipinski definition) is 6.